The predicted octanol–water partition coefficient (Wildman–Crippen LogP) is 3.50. The number of benzene rings is 2. The second-order valence-electron chi connectivity index (χ2n) is 5.16. The van der Waals surface area contributed by atoms with Gasteiger partial charge in [-0.3, -0.25) is 9.78 Å². The molecule has 9 heteroatoms. The van der Waals surface area contributed by atoms with Crippen LogP contribution < -0.4 is 15.7 Å². The number of halogens is 2. The quantitative estimate of drug-likeness (QED) is 0.497. The third kappa shape index (κ3) is 5.05. The van der Waals surface area contributed by atoms with E-state index in [0.717, 1.165) is 17.3 Å². The third-order valence-electron chi connectivity index (χ3n) is 3.23. The Bertz CT molecular complexity index is 973. The zero-order valence-corrected chi connectivity index (χ0v) is 14.8. The normalized spacial score (nSPS) is 10.8. The van der Waals surface area contributed by atoms with Gasteiger partial charge in [-0.2, -0.15) is 5.10 Å². The maximum absolute atomic E-state index is 11.1. The summed E-state index contributed by atoms with van der Waals surface area (Å²) >= 11 is 11.9. The van der Waals surface area contributed by atoms with E-state index < -0.39 is 0 Å². The number of H-pyrrole nitrogens is 1. The number of nitrogens with one attached hydrogen (secondary N) is 2. The first-order chi connectivity index (χ1) is 12.6. The molecule has 3 aromatic rings. The fraction of sp³-hybridized carbons (Fsp3) is 0.0588. The number of aromatic nitrogens is 3. The molecule has 0 amide bonds. The van der Waals surface area contributed by atoms with Crippen LogP contribution in [0, 0.1) is 0 Å². The molecule has 3 rings (SSSR count). The summed E-state index contributed by atoms with van der Waals surface area (Å²) in [6, 6.07) is 12.7. The number of ether oxygens (including phenoxy) is 1. The fourth-order valence-electron chi connectivity index (χ4n) is 1.98. The van der Waals surface area contributed by atoms with Gasteiger partial charge >= 0.3 is 0 Å². The maximum atomic E-state index is 11.1. The number of hydrogen-bond acceptors (Lipinski definition) is 6. The molecular weight excluding hydrogens is 377 g/mol. The molecule has 0 bridgehead atoms. The molecular formula is C17H13Cl2N5O2. The Morgan fingerprint density at radius 3 is 2.69 bits per heavy atom. The van der Waals surface area contributed by atoms with Gasteiger partial charge in [-0.15, -0.1) is 10.2 Å². The van der Waals surface area contributed by atoms with E-state index in [9.17, 15) is 4.79 Å². The van der Waals surface area contributed by atoms with Gasteiger partial charge in [0.2, 0.25) is 5.95 Å². The maximum Gasteiger partial charge on any atom is 0.271 e. The highest BCUT2D eigenvalue weighted by Crippen LogP contribution is 2.23. The van der Waals surface area contributed by atoms with Crippen molar-refractivity contribution in [3.8, 4) is 5.75 Å². The van der Waals surface area contributed by atoms with Gasteiger partial charge in [-0.05, 0) is 47.5 Å². The highest BCUT2D eigenvalue weighted by molar-refractivity contribution is 6.42. The summed E-state index contributed by atoms with van der Waals surface area (Å²) in [5.41, 5.74) is 3.99. The zero-order valence-electron chi connectivity index (χ0n) is 13.3. The van der Waals surface area contributed by atoms with Gasteiger partial charge in [-0.25, -0.2) is 5.43 Å². The lowest BCUT2D eigenvalue weighted by Crippen LogP contribution is -2.10. The van der Waals surface area contributed by atoms with Crippen LogP contribution in [0.2, 0.25) is 10.0 Å². The van der Waals surface area contributed by atoms with Crippen LogP contribution in [0.4, 0.5) is 5.95 Å². The minimum atomic E-state index is -0.360. The molecule has 2 aromatic carbocycles. The fourth-order valence-corrected chi connectivity index (χ4v) is 2.30. The molecule has 0 fully saturated rings. The molecule has 1 aromatic heterocycles. The Labute approximate surface area is 158 Å². The third-order valence-corrected chi connectivity index (χ3v) is 3.97. The van der Waals surface area contributed by atoms with Crippen molar-refractivity contribution < 1.29 is 4.74 Å². The number of rotatable bonds is 6. The number of anilines is 1. The molecule has 7 nitrogen and oxygen atoms in total. The summed E-state index contributed by atoms with van der Waals surface area (Å²) in [4.78, 5) is 13.5. The van der Waals surface area contributed by atoms with Crippen molar-refractivity contribution in [2.24, 2.45) is 5.10 Å². The summed E-state index contributed by atoms with van der Waals surface area (Å²) < 4.78 is 5.71. The van der Waals surface area contributed by atoms with E-state index in [1.54, 1.807) is 18.3 Å². The average molecular weight is 390 g/mol. The van der Waals surface area contributed by atoms with Crippen LogP contribution in [0.1, 0.15) is 11.1 Å². The molecule has 0 spiro atoms. The van der Waals surface area contributed by atoms with Gasteiger partial charge in [0.25, 0.3) is 5.56 Å². The van der Waals surface area contributed by atoms with Crippen molar-refractivity contribution in [2.75, 3.05) is 5.43 Å². The van der Waals surface area contributed by atoms with E-state index in [1.165, 1.54) is 0 Å². The lowest BCUT2D eigenvalue weighted by molar-refractivity contribution is 0.306. The lowest BCUT2D eigenvalue weighted by Gasteiger charge is -2.07. The molecule has 26 heavy (non-hydrogen) atoms. The van der Waals surface area contributed by atoms with Crippen LogP contribution in [0.3, 0.4) is 0 Å². The first kappa shape index (κ1) is 17.9. The Morgan fingerprint density at radius 2 is 1.96 bits per heavy atom. The number of aromatic amines is 1. The van der Waals surface area contributed by atoms with Gasteiger partial charge in [0, 0.05) is 0 Å². The standard InChI is InChI=1S/C17H13Cl2N5O2/c18-14-6-3-12(7-15(14)19)10-26-13-4-1-11(2-5-13)8-20-23-17-22-16(25)9-21-24-17/h1-9H,10H2,(H2,22,23,24,25)/b20-8+. The summed E-state index contributed by atoms with van der Waals surface area (Å²) in [6.07, 6.45) is 2.65. The molecule has 1 heterocycles. The van der Waals surface area contributed by atoms with Gasteiger partial charge in [0.05, 0.1) is 16.3 Å². The van der Waals surface area contributed by atoms with E-state index >= 15 is 0 Å². The molecule has 0 saturated heterocycles. The largest absolute Gasteiger partial charge is 0.489 e. The second-order valence-corrected chi connectivity index (χ2v) is 5.97. The number of hydrogen-bond donors (Lipinski definition) is 2. The van der Waals surface area contributed by atoms with E-state index in [4.69, 9.17) is 27.9 Å². The number of nitrogens with zero attached hydrogens (tertiary/aromatic N) is 3. The Kier molecular flexibility index (Phi) is 5.83. The van der Waals surface area contributed by atoms with E-state index in [0.29, 0.717) is 22.4 Å². The van der Waals surface area contributed by atoms with Crippen LogP contribution in [0.25, 0.3) is 0 Å². The van der Waals surface area contributed by atoms with Crippen molar-refractivity contribution in [1.82, 2.24) is 15.2 Å². The molecule has 0 aliphatic carbocycles. The SMILES string of the molecule is O=c1cnnc(N/N=C/c2ccc(OCc3ccc(Cl)c(Cl)c3)cc2)[nH]1. The van der Waals surface area contributed by atoms with Gasteiger partial charge in [-0.1, -0.05) is 29.3 Å². The van der Waals surface area contributed by atoms with Gasteiger partial charge < -0.3 is 4.74 Å². The van der Waals surface area contributed by atoms with Crippen LogP contribution in [-0.4, -0.2) is 21.4 Å². The zero-order chi connectivity index (χ0) is 18.4. The lowest BCUT2D eigenvalue weighted by atomic mass is 10.2. The highest BCUT2D eigenvalue weighted by atomic mass is 35.5. The molecule has 0 aliphatic heterocycles. The molecule has 132 valence electrons. The monoisotopic (exact) mass is 389 g/mol. The minimum absolute atomic E-state index is 0.162. The molecule has 0 aliphatic rings. The van der Waals surface area contributed by atoms with Crippen molar-refractivity contribution in [3.05, 3.63) is 80.2 Å². The Morgan fingerprint density at radius 1 is 1.15 bits per heavy atom. The van der Waals surface area contributed by atoms with Crippen molar-refractivity contribution in [1.29, 1.82) is 0 Å². The highest BCUT2D eigenvalue weighted by Gasteiger charge is 2.01. The van der Waals surface area contributed by atoms with Crippen molar-refractivity contribution in [2.45, 2.75) is 6.61 Å². The summed E-state index contributed by atoms with van der Waals surface area (Å²) in [6.45, 7) is 0.381. The number of hydrazone groups is 1. The summed E-state index contributed by atoms with van der Waals surface area (Å²) in [5.74, 6) is 0.870. The summed E-state index contributed by atoms with van der Waals surface area (Å²) in [5, 5.41) is 12.2. The van der Waals surface area contributed by atoms with Crippen molar-refractivity contribution in [3.63, 3.8) is 0 Å². The van der Waals surface area contributed by atoms with E-state index in [1.807, 2.05) is 30.3 Å². The Hall–Kier alpha value is -2.90. The minimum Gasteiger partial charge on any atom is -0.489 e. The molecule has 0 saturated carbocycles. The summed E-state index contributed by atoms with van der Waals surface area (Å²) in [7, 11) is 0. The molecule has 0 radical (unpaired) electrons. The van der Waals surface area contributed by atoms with Gasteiger partial charge in [0.15, 0.2) is 0 Å². The van der Waals surface area contributed by atoms with Gasteiger partial charge in [0.1, 0.15) is 18.6 Å². The topological polar surface area (TPSA) is 92.3 Å². The smallest absolute Gasteiger partial charge is 0.271 e. The average Bonchev–Trinajstić information content (AvgIpc) is 2.64. The molecule has 2 N–H and O–H groups in total. The van der Waals surface area contributed by atoms with Crippen LogP contribution in [0.15, 0.2) is 58.6 Å². The first-order valence-corrected chi connectivity index (χ1v) is 8.23. The van der Waals surface area contributed by atoms with Crippen LogP contribution in [-0.2, 0) is 6.61 Å². The second kappa shape index (κ2) is 8.46. The van der Waals surface area contributed by atoms with E-state index in [-0.39, 0.29) is 11.5 Å². The van der Waals surface area contributed by atoms with Crippen LogP contribution >= 0.6 is 23.2 Å². The van der Waals surface area contributed by atoms with E-state index in [2.05, 4.69) is 25.7 Å². The molecule has 0 atom stereocenters. The Balaban J connectivity index is 1.55. The molecule has 0 unspecified atom stereocenters. The first-order valence-electron chi connectivity index (χ1n) is 7.48. The van der Waals surface area contributed by atoms with Crippen LogP contribution in [0.5, 0.6) is 5.75 Å². The van der Waals surface area contributed by atoms with Crippen molar-refractivity contribution >= 4 is 35.4 Å². The predicted molar refractivity (Wildman–Crippen MR) is 101 cm³/mol.